The third-order valence-corrected chi connectivity index (χ3v) is 2.94. The Labute approximate surface area is 130 Å². The highest BCUT2D eigenvalue weighted by atomic mass is 79.9. The second-order valence-electron chi connectivity index (χ2n) is 4.93. The number of amides is 1. The molecule has 5 nitrogen and oxygen atoms in total. The molecule has 0 unspecified atom stereocenters. The smallest absolute Gasteiger partial charge is 0.412 e. The summed E-state index contributed by atoms with van der Waals surface area (Å²) in [4.78, 5) is 23.3. The van der Waals surface area contributed by atoms with E-state index in [1.165, 1.54) is 13.2 Å². The minimum atomic E-state index is -0.659. The van der Waals surface area contributed by atoms with Gasteiger partial charge < -0.3 is 9.47 Å². The zero-order valence-corrected chi connectivity index (χ0v) is 13.9. The number of hydrogen-bond donors (Lipinski definition) is 1. The van der Waals surface area contributed by atoms with E-state index in [9.17, 15) is 9.59 Å². The highest BCUT2D eigenvalue weighted by molar-refractivity contribution is 9.10. The van der Waals surface area contributed by atoms with E-state index >= 15 is 0 Å². The van der Waals surface area contributed by atoms with E-state index in [4.69, 9.17) is 16.3 Å². The summed E-state index contributed by atoms with van der Waals surface area (Å²) >= 11 is 9.32. The van der Waals surface area contributed by atoms with Crippen LogP contribution >= 0.6 is 27.5 Å². The van der Waals surface area contributed by atoms with Crippen molar-refractivity contribution in [3.8, 4) is 0 Å². The molecule has 110 valence electrons. The number of carbonyl (C=O) groups is 2. The quantitative estimate of drug-likeness (QED) is 0.797. The first-order valence-electron chi connectivity index (χ1n) is 5.71. The lowest BCUT2D eigenvalue weighted by atomic mass is 10.2. The van der Waals surface area contributed by atoms with Gasteiger partial charge in [0.15, 0.2) is 0 Å². The zero-order valence-electron chi connectivity index (χ0n) is 11.5. The lowest BCUT2D eigenvalue weighted by Gasteiger charge is -2.20. The molecule has 1 rings (SSSR count). The van der Waals surface area contributed by atoms with Gasteiger partial charge in [0, 0.05) is 4.47 Å². The summed E-state index contributed by atoms with van der Waals surface area (Å²) in [5.41, 5.74) is -0.224. The molecule has 0 aromatic heterocycles. The second kappa shape index (κ2) is 6.45. The first-order valence-corrected chi connectivity index (χ1v) is 6.88. The van der Waals surface area contributed by atoms with Crippen LogP contribution in [0.2, 0.25) is 5.02 Å². The van der Waals surface area contributed by atoms with Gasteiger partial charge in [-0.05, 0) is 32.9 Å². The Hall–Kier alpha value is -1.27. The Kier molecular flexibility index (Phi) is 5.42. The molecule has 1 aromatic carbocycles. The van der Waals surface area contributed by atoms with Gasteiger partial charge in [-0.1, -0.05) is 27.5 Å². The first kappa shape index (κ1) is 16.8. The van der Waals surface area contributed by atoms with Crippen molar-refractivity contribution in [1.29, 1.82) is 0 Å². The average Bonchev–Trinajstić information content (AvgIpc) is 2.29. The number of rotatable bonds is 2. The molecular formula is C13H15BrClNO4. The van der Waals surface area contributed by atoms with Crippen molar-refractivity contribution in [2.75, 3.05) is 12.4 Å². The van der Waals surface area contributed by atoms with E-state index in [1.54, 1.807) is 26.8 Å². The minimum absolute atomic E-state index is 0.0888. The Morgan fingerprint density at radius 3 is 2.40 bits per heavy atom. The van der Waals surface area contributed by atoms with Crippen LogP contribution in [0.5, 0.6) is 0 Å². The van der Waals surface area contributed by atoms with Crippen LogP contribution in [0.25, 0.3) is 0 Å². The van der Waals surface area contributed by atoms with Crippen LogP contribution in [-0.2, 0) is 9.47 Å². The van der Waals surface area contributed by atoms with Crippen molar-refractivity contribution in [3.63, 3.8) is 0 Å². The molecule has 0 radical (unpaired) electrons. The van der Waals surface area contributed by atoms with Crippen molar-refractivity contribution >= 4 is 45.3 Å². The monoisotopic (exact) mass is 363 g/mol. The van der Waals surface area contributed by atoms with Crippen molar-refractivity contribution in [3.05, 3.63) is 27.2 Å². The predicted octanol–water partition coefficient (Wildman–Crippen LogP) is 4.24. The first-order chi connectivity index (χ1) is 9.14. The number of methoxy groups -OCH3 is 1. The molecule has 1 N–H and O–H groups in total. The molecule has 1 amide bonds. The fourth-order valence-corrected chi connectivity index (χ4v) is 2.04. The van der Waals surface area contributed by atoms with Gasteiger partial charge in [0.25, 0.3) is 0 Å². The van der Waals surface area contributed by atoms with Crippen LogP contribution in [-0.4, -0.2) is 24.8 Å². The molecule has 0 saturated carbocycles. The third-order valence-electron chi connectivity index (χ3n) is 2.08. The van der Waals surface area contributed by atoms with E-state index < -0.39 is 17.7 Å². The lowest BCUT2D eigenvalue weighted by Crippen LogP contribution is -2.27. The standard InChI is InChI=1S/C13H15BrClNO4/c1-13(2,3)20-12(18)16-9-6-7(14)5-8(10(9)15)11(17)19-4/h5-6H,1-4H3,(H,16,18). The maximum absolute atomic E-state index is 11.7. The van der Waals surface area contributed by atoms with Gasteiger partial charge in [-0.3, -0.25) is 5.32 Å². The normalized spacial score (nSPS) is 10.9. The molecule has 0 heterocycles. The number of esters is 1. The van der Waals surface area contributed by atoms with Gasteiger partial charge in [-0.25, -0.2) is 9.59 Å². The summed E-state index contributed by atoms with van der Waals surface area (Å²) < 4.78 is 10.3. The minimum Gasteiger partial charge on any atom is -0.465 e. The van der Waals surface area contributed by atoms with Gasteiger partial charge in [0.05, 0.1) is 23.4 Å². The maximum atomic E-state index is 11.7. The Morgan fingerprint density at radius 2 is 1.90 bits per heavy atom. The fourth-order valence-electron chi connectivity index (χ4n) is 1.35. The topological polar surface area (TPSA) is 64.6 Å². The largest absolute Gasteiger partial charge is 0.465 e. The molecule has 0 bridgehead atoms. The number of ether oxygens (including phenoxy) is 2. The molecule has 0 spiro atoms. The Balaban J connectivity index is 3.04. The van der Waals surface area contributed by atoms with E-state index in [2.05, 4.69) is 26.0 Å². The van der Waals surface area contributed by atoms with E-state index in [0.29, 0.717) is 4.47 Å². The maximum Gasteiger partial charge on any atom is 0.412 e. The molecule has 0 saturated heterocycles. The van der Waals surface area contributed by atoms with Gasteiger partial charge >= 0.3 is 12.1 Å². The van der Waals surface area contributed by atoms with Gasteiger partial charge in [0.2, 0.25) is 0 Å². The summed E-state index contributed by atoms with van der Waals surface area (Å²) in [6.07, 6.45) is -0.659. The van der Waals surface area contributed by atoms with Crippen LogP contribution < -0.4 is 5.32 Å². The molecule has 0 atom stereocenters. The third kappa shape index (κ3) is 4.68. The molecular weight excluding hydrogens is 350 g/mol. The Morgan fingerprint density at radius 1 is 1.30 bits per heavy atom. The van der Waals surface area contributed by atoms with Crippen LogP contribution in [0.15, 0.2) is 16.6 Å². The predicted molar refractivity (Wildman–Crippen MR) is 80.3 cm³/mol. The molecule has 20 heavy (non-hydrogen) atoms. The molecule has 0 aliphatic rings. The number of carbonyl (C=O) groups excluding carboxylic acids is 2. The molecule has 7 heteroatoms. The average molecular weight is 365 g/mol. The van der Waals surface area contributed by atoms with Gasteiger partial charge in [0.1, 0.15) is 5.60 Å². The lowest BCUT2D eigenvalue weighted by molar-refractivity contribution is 0.0596. The molecule has 0 fully saturated rings. The van der Waals surface area contributed by atoms with Crippen molar-refractivity contribution in [2.45, 2.75) is 26.4 Å². The number of anilines is 1. The number of nitrogens with one attached hydrogen (secondary N) is 1. The molecule has 0 aliphatic heterocycles. The fraction of sp³-hybridized carbons (Fsp3) is 0.385. The zero-order chi connectivity index (χ0) is 15.5. The van der Waals surface area contributed by atoms with Gasteiger partial charge in [-0.2, -0.15) is 0 Å². The summed E-state index contributed by atoms with van der Waals surface area (Å²) in [5, 5.41) is 2.58. The highest BCUT2D eigenvalue weighted by Gasteiger charge is 2.20. The van der Waals surface area contributed by atoms with Crippen LogP contribution in [0.1, 0.15) is 31.1 Å². The Bertz CT molecular complexity index is 540. The SMILES string of the molecule is COC(=O)c1cc(Br)cc(NC(=O)OC(C)(C)C)c1Cl. The van der Waals surface area contributed by atoms with Crippen LogP contribution in [0, 0.1) is 0 Å². The summed E-state index contributed by atoms with van der Waals surface area (Å²) in [7, 11) is 1.25. The van der Waals surface area contributed by atoms with Crippen molar-refractivity contribution < 1.29 is 19.1 Å². The van der Waals surface area contributed by atoms with Gasteiger partial charge in [-0.15, -0.1) is 0 Å². The highest BCUT2D eigenvalue weighted by Crippen LogP contribution is 2.31. The number of benzene rings is 1. The van der Waals surface area contributed by atoms with Crippen molar-refractivity contribution in [1.82, 2.24) is 0 Å². The summed E-state index contributed by atoms with van der Waals surface area (Å²) in [6, 6.07) is 3.08. The second-order valence-corrected chi connectivity index (χ2v) is 6.23. The van der Waals surface area contributed by atoms with E-state index in [1.807, 2.05) is 0 Å². The molecule has 1 aromatic rings. The number of hydrogen-bond acceptors (Lipinski definition) is 4. The van der Waals surface area contributed by atoms with Crippen molar-refractivity contribution in [2.24, 2.45) is 0 Å². The van der Waals surface area contributed by atoms with Crippen LogP contribution in [0.4, 0.5) is 10.5 Å². The van der Waals surface area contributed by atoms with E-state index in [0.717, 1.165) is 0 Å². The van der Waals surface area contributed by atoms with Crippen LogP contribution in [0.3, 0.4) is 0 Å². The summed E-state index contributed by atoms with van der Waals surface area (Å²) in [5.74, 6) is -0.594. The molecule has 0 aliphatic carbocycles. The summed E-state index contributed by atoms with van der Waals surface area (Å²) in [6.45, 7) is 5.24. The van der Waals surface area contributed by atoms with E-state index in [-0.39, 0.29) is 16.3 Å². The number of halogens is 2.